The molecule has 0 fully saturated rings. The molecule has 0 saturated heterocycles. The summed E-state index contributed by atoms with van der Waals surface area (Å²) in [6.07, 6.45) is -0.720. The van der Waals surface area contributed by atoms with Gasteiger partial charge >= 0.3 is 0 Å². The van der Waals surface area contributed by atoms with Crippen LogP contribution in [-0.4, -0.2) is 32.4 Å². The molecule has 0 aliphatic carbocycles. The van der Waals surface area contributed by atoms with E-state index in [0.717, 1.165) is 6.42 Å². The fraction of sp³-hybridized carbons (Fsp3) is 1.00. The van der Waals surface area contributed by atoms with Gasteiger partial charge in [-0.15, -0.1) is 0 Å². The van der Waals surface area contributed by atoms with E-state index in [1.54, 1.807) is 0 Å². The molecule has 0 heterocycles. The van der Waals surface area contributed by atoms with Crippen LogP contribution >= 0.6 is 0 Å². The number of rotatable bonds is 10. The quantitative estimate of drug-likeness (QED) is 0.549. The van der Waals surface area contributed by atoms with Crippen LogP contribution in [0.4, 0.5) is 8.78 Å². The lowest BCUT2D eigenvalue weighted by molar-refractivity contribution is -0.0363. The van der Waals surface area contributed by atoms with E-state index >= 15 is 0 Å². The minimum absolute atomic E-state index is 0.0187. The molecule has 2 nitrogen and oxygen atoms in total. The molecule has 0 aromatic rings. The molecule has 1 atom stereocenters. The van der Waals surface area contributed by atoms with E-state index in [0.29, 0.717) is 26.2 Å². The molecule has 0 saturated carbocycles. The molecule has 0 aromatic heterocycles. The number of halogens is 2. The van der Waals surface area contributed by atoms with Crippen molar-refractivity contribution in [2.75, 3.05) is 19.8 Å². The van der Waals surface area contributed by atoms with Crippen molar-refractivity contribution in [1.29, 1.82) is 0 Å². The number of ether oxygens (including phenoxy) is 2. The Morgan fingerprint density at radius 1 is 1.18 bits per heavy atom. The first-order valence-electron chi connectivity index (χ1n) is 6.37. The lowest BCUT2D eigenvalue weighted by atomic mass is 9.90. The Labute approximate surface area is 104 Å². The summed E-state index contributed by atoms with van der Waals surface area (Å²) < 4.78 is 34.8. The van der Waals surface area contributed by atoms with Gasteiger partial charge in [0.2, 0.25) is 6.43 Å². The topological polar surface area (TPSA) is 18.5 Å². The Bertz CT molecular complexity index is 186. The fourth-order valence-electron chi connectivity index (χ4n) is 1.27. The average molecular weight is 252 g/mol. The Hall–Kier alpha value is -0.220. The maximum absolute atomic E-state index is 11.9. The van der Waals surface area contributed by atoms with Crippen LogP contribution in [0.15, 0.2) is 0 Å². The highest BCUT2D eigenvalue weighted by Gasteiger charge is 2.23. The van der Waals surface area contributed by atoms with E-state index in [-0.39, 0.29) is 17.9 Å². The molecule has 4 heteroatoms. The highest BCUT2D eigenvalue weighted by atomic mass is 19.3. The first-order chi connectivity index (χ1) is 7.89. The van der Waals surface area contributed by atoms with Gasteiger partial charge in [-0.3, -0.25) is 0 Å². The molecule has 0 spiro atoms. The third-order valence-electron chi connectivity index (χ3n) is 2.78. The zero-order valence-corrected chi connectivity index (χ0v) is 11.5. The van der Waals surface area contributed by atoms with Crippen LogP contribution in [0.2, 0.25) is 0 Å². The minimum Gasteiger partial charge on any atom is -0.381 e. The molecular weight excluding hydrogens is 226 g/mol. The maximum atomic E-state index is 11.9. The molecule has 17 heavy (non-hydrogen) atoms. The summed E-state index contributed by atoms with van der Waals surface area (Å²) in [6, 6.07) is 0. The standard InChI is InChI=1S/C13H26F2O2/c1-5-13(4,10-17-11(2)3)9-16-8-6-7-12(14)15/h11-12H,5-10H2,1-4H3. The smallest absolute Gasteiger partial charge is 0.238 e. The minimum atomic E-state index is -2.22. The van der Waals surface area contributed by atoms with E-state index in [2.05, 4.69) is 13.8 Å². The number of alkyl halides is 2. The van der Waals surface area contributed by atoms with Gasteiger partial charge < -0.3 is 9.47 Å². The second kappa shape index (κ2) is 8.81. The van der Waals surface area contributed by atoms with Gasteiger partial charge in [-0.25, -0.2) is 8.78 Å². The molecule has 0 N–H and O–H groups in total. The van der Waals surface area contributed by atoms with E-state index in [4.69, 9.17) is 9.47 Å². The van der Waals surface area contributed by atoms with Crippen molar-refractivity contribution in [3.05, 3.63) is 0 Å². The summed E-state index contributed by atoms with van der Waals surface area (Å²) in [7, 11) is 0. The summed E-state index contributed by atoms with van der Waals surface area (Å²) >= 11 is 0. The van der Waals surface area contributed by atoms with Crippen molar-refractivity contribution in [3.63, 3.8) is 0 Å². The second-order valence-electron chi connectivity index (χ2n) is 5.11. The molecule has 0 radical (unpaired) electrons. The van der Waals surface area contributed by atoms with Crippen LogP contribution in [0.5, 0.6) is 0 Å². The van der Waals surface area contributed by atoms with Gasteiger partial charge in [0.05, 0.1) is 19.3 Å². The van der Waals surface area contributed by atoms with Crippen LogP contribution in [0.3, 0.4) is 0 Å². The first kappa shape index (κ1) is 16.8. The monoisotopic (exact) mass is 252 g/mol. The summed E-state index contributed by atoms with van der Waals surface area (Å²) in [6.45, 7) is 9.81. The second-order valence-corrected chi connectivity index (χ2v) is 5.11. The molecule has 0 aromatic carbocycles. The van der Waals surface area contributed by atoms with Crippen molar-refractivity contribution in [1.82, 2.24) is 0 Å². The molecule has 1 unspecified atom stereocenters. The Balaban J connectivity index is 3.71. The third-order valence-corrected chi connectivity index (χ3v) is 2.78. The third kappa shape index (κ3) is 9.48. The zero-order valence-electron chi connectivity index (χ0n) is 11.5. The van der Waals surface area contributed by atoms with Crippen molar-refractivity contribution >= 4 is 0 Å². The van der Waals surface area contributed by atoms with Gasteiger partial charge in [0, 0.05) is 18.4 Å². The Morgan fingerprint density at radius 2 is 1.82 bits per heavy atom. The normalized spacial score (nSPS) is 15.5. The van der Waals surface area contributed by atoms with E-state index in [9.17, 15) is 8.78 Å². The lowest BCUT2D eigenvalue weighted by Gasteiger charge is -2.28. The van der Waals surface area contributed by atoms with Gasteiger partial charge in [0.1, 0.15) is 0 Å². The number of hydrogen-bond donors (Lipinski definition) is 0. The molecule has 0 aliphatic heterocycles. The highest BCUT2D eigenvalue weighted by molar-refractivity contribution is 4.72. The lowest BCUT2D eigenvalue weighted by Crippen LogP contribution is -2.30. The Kier molecular flexibility index (Phi) is 8.70. The van der Waals surface area contributed by atoms with Crippen LogP contribution < -0.4 is 0 Å². The van der Waals surface area contributed by atoms with E-state index in [1.807, 2.05) is 13.8 Å². The summed E-state index contributed by atoms with van der Waals surface area (Å²) in [5.41, 5.74) is -0.0187. The molecular formula is C13H26F2O2. The maximum Gasteiger partial charge on any atom is 0.238 e. The molecule has 0 amide bonds. The molecule has 104 valence electrons. The van der Waals surface area contributed by atoms with Gasteiger partial charge in [0.15, 0.2) is 0 Å². The summed E-state index contributed by atoms with van der Waals surface area (Å²) in [4.78, 5) is 0. The van der Waals surface area contributed by atoms with E-state index < -0.39 is 6.43 Å². The van der Waals surface area contributed by atoms with Crippen LogP contribution in [0, 0.1) is 5.41 Å². The summed E-state index contributed by atoms with van der Waals surface area (Å²) in [5, 5.41) is 0. The van der Waals surface area contributed by atoms with Crippen LogP contribution in [0.1, 0.15) is 47.0 Å². The predicted molar refractivity (Wildman–Crippen MR) is 65.5 cm³/mol. The Morgan fingerprint density at radius 3 is 2.29 bits per heavy atom. The van der Waals surface area contributed by atoms with Crippen LogP contribution in [0.25, 0.3) is 0 Å². The first-order valence-corrected chi connectivity index (χ1v) is 6.37. The molecule has 0 aliphatic rings. The largest absolute Gasteiger partial charge is 0.381 e. The summed E-state index contributed by atoms with van der Waals surface area (Å²) in [5.74, 6) is 0. The SMILES string of the molecule is CCC(C)(COCCCC(F)F)COC(C)C. The molecule has 0 bridgehead atoms. The van der Waals surface area contributed by atoms with Crippen molar-refractivity contribution in [3.8, 4) is 0 Å². The van der Waals surface area contributed by atoms with E-state index in [1.165, 1.54) is 0 Å². The van der Waals surface area contributed by atoms with Crippen molar-refractivity contribution in [2.24, 2.45) is 5.41 Å². The van der Waals surface area contributed by atoms with Crippen LogP contribution in [-0.2, 0) is 9.47 Å². The van der Waals surface area contributed by atoms with Gasteiger partial charge in [0.25, 0.3) is 0 Å². The number of hydrogen-bond acceptors (Lipinski definition) is 2. The van der Waals surface area contributed by atoms with Gasteiger partial charge in [-0.05, 0) is 26.7 Å². The van der Waals surface area contributed by atoms with Crippen molar-refractivity contribution in [2.45, 2.75) is 59.5 Å². The van der Waals surface area contributed by atoms with Gasteiger partial charge in [-0.2, -0.15) is 0 Å². The average Bonchev–Trinajstić information content (AvgIpc) is 2.25. The predicted octanol–water partition coefficient (Wildman–Crippen LogP) is 3.89. The van der Waals surface area contributed by atoms with Crippen molar-refractivity contribution < 1.29 is 18.3 Å². The zero-order chi connectivity index (χ0) is 13.3. The fourth-order valence-corrected chi connectivity index (χ4v) is 1.27. The highest BCUT2D eigenvalue weighted by Crippen LogP contribution is 2.22. The van der Waals surface area contributed by atoms with Gasteiger partial charge in [-0.1, -0.05) is 13.8 Å². The molecule has 0 rings (SSSR count).